The quantitative estimate of drug-likeness (QED) is 0.655. The van der Waals surface area contributed by atoms with Crippen LogP contribution in [0.4, 0.5) is 0 Å². The van der Waals surface area contributed by atoms with E-state index in [2.05, 4.69) is 6.92 Å². The Morgan fingerprint density at radius 1 is 0.667 bits per heavy atom. The molecule has 0 amide bonds. The van der Waals surface area contributed by atoms with E-state index < -0.39 is 10.4 Å². The molecule has 0 aliphatic carbocycles. The van der Waals surface area contributed by atoms with E-state index in [1.165, 1.54) is 51.4 Å². The fourth-order valence-electron chi connectivity index (χ4n) is 2.76. The molecule has 0 aromatic rings. The summed E-state index contributed by atoms with van der Waals surface area (Å²) in [7, 11) is -3.78. The predicted octanol–water partition coefficient (Wildman–Crippen LogP) is 4.60. The van der Waals surface area contributed by atoms with Crippen LogP contribution in [-0.2, 0) is 18.8 Å². The summed E-state index contributed by atoms with van der Waals surface area (Å²) in [6, 6.07) is 0. The zero-order valence-corrected chi connectivity index (χ0v) is 14.3. The van der Waals surface area contributed by atoms with Crippen molar-refractivity contribution in [3.05, 3.63) is 0 Å². The lowest BCUT2D eigenvalue weighted by Crippen LogP contribution is -2.12. The largest absolute Gasteiger partial charge is 0.399 e. The molecule has 126 valence electrons. The highest BCUT2D eigenvalue weighted by molar-refractivity contribution is 7.81. The standard InChI is InChI=1S/C16H32O4S/c1-16-12-9-7-5-3-2-4-6-8-10-14-19-21(17,18)20-15-11-13-16/h16H,2-15H2,1H3. The molecule has 0 N–H and O–H groups in total. The van der Waals surface area contributed by atoms with Crippen molar-refractivity contribution in [2.45, 2.75) is 84.0 Å². The topological polar surface area (TPSA) is 52.6 Å². The minimum atomic E-state index is -3.78. The second kappa shape index (κ2) is 11.4. The van der Waals surface area contributed by atoms with Gasteiger partial charge in [-0.15, -0.1) is 0 Å². The van der Waals surface area contributed by atoms with Crippen LogP contribution in [0.5, 0.6) is 0 Å². The van der Waals surface area contributed by atoms with E-state index in [4.69, 9.17) is 8.37 Å². The summed E-state index contributed by atoms with van der Waals surface area (Å²) in [4.78, 5) is 0. The second-order valence-corrected chi connectivity index (χ2v) is 7.56. The van der Waals surface area contributed by atoms with Crippen LogP contribution in [0.15, 0.2) is 0 Å². The van der Waals surface area contributed by atoms with Crippen molar-refractivity contribution in [2.24, 2.45) is 5.92 Å². The second-order valence-electron chi connectivity index (χ2n) is 6.27. The lowest BCUT2D eigenvalue weighted by Gasteiger charge is -2.12. The van der Waals surface area contributed by atoms with E-state index in [1.807, 2.05) is 0 Å². The Morgan fingerprint density at radius 2 is 1.10 bits per heavy atom. The molecule has 0 saturated carbocycles. The van der Waals surface area contributed by atoms with E-state index in [9.17, 15) is 8.42 Å². The van der Waals surface area contributed by atoms with E-state index in [0.717, 1.165) is 25.7 Å². The maximum Gasteiger partial charge on any atom is 0.399 e. The van der Waals surface area contributed by atoms with Gasteiger partial charge in [0.05, 0.1) is 13.2 Å². The normalized spacial score (nSPS) is 28.3. The highest BCUT2D eigenvalue weighted by Gasteiger charge is 2.12. The van der Waals surface area contributed by atoms with Crippen LogP contribution in [0.25, 0.3) is 0 Å². The molecule has 1 aliphatic rings. The fourth-order valence-corrected chi connectivity index (χ4v) is 3.48. The molecule has 1 unspecified atom stereocenters. The maximum absolute atomic E-state index is 11.5. The molecule has 0 bridgehead atoms. The van der Waals surface area contributed by atoms with Gasteiger partial charge >= 0.3 is 10.4 Å². The zero-order chi connectivity index (χ0) is 15.4. The van der Waals surface area contributed by atoms with Crippen LogP contribution in [0, 0.1) is 5.92 Å². The fraction of sp³-hybridized carbons (Fsp3) is 1.00. The highest BCUT2D eigenvalue weighted by Crippen LogP contribution is 2.17. The molecule has 0 spiro atoms. The van der Waals surface area contributed by atoms with Crippen molar-refractivity contribution in [2.75, 3.05) is 13.2 Å². The van der Waals surface area contributed by atoms with Gasteiger partial charge in [-0.05, 0) is 25.2 Å². The van der Waals surface area contributed by atoms with Crippen molar-refractivity contribution >= 4 is 10.4 Å². The number of hydrogen-bond acceptors (Lipinski definition) is 4. The van der Waals surface area contributed by atoms with Gasteiger partial charge in [0.25, 0.3) is 0 Å². The monoisotopic (exact) mass is 320 g/mol. The molecule has 5 heteroatoms. The molecule has 0 radical (unpaired) electrons. The molecule has 0 aromatic carbocycles. The first-order valence-electron chi connectivity index (χ1n) is 8.64. The van der Waals surface area contributed by atoms with Gasteiger partial charge in [0.2, 0.25) is 0 Å². The summed E-state index contributed by atoms with van der Waals surface area (Å²) in [6.45, 7) is 2.73. The Labute approximate surface area is 130 Å². The van der Waals surface area contributed by atoms with Crippen LogP contribution in [-0.4, -0.2) is 21.6 Å². The van der Waals surface area contributed by atoms with E-state index >= 15 is 0 Å². The van der Waals surface area contributed by atoms with Crippen LogP contribution in [0.1, 0.15) is 84.0 Å². The molecule has 0 aromatic heterocycles. The summed E-state index contributed by atoms with van der Waals surface area (Å²) in [6.07, 6.45) is 13.9. The molecule has 1 rings (SSSR count). The molecule has 1 heterocycles. The van der Waals surface area contributed by atoms with Crippen molar-refractivity contribution in [1.29, 1.82) is 0 Å². The summed E-state index contributed by atoms with van der Waals surface area (Å²) < 4.78 is 32.7. The average Bonchev–Trinajstić information content (AvgIpc) is 2.44. The summed E-state index contributed by atoms with van der Waals surface area (Å²) in [5.74, 6) is 0.649. The van der Waals surface area contributed by atoms with E-state index in [0.29, 0.717) is 5.92 Å². The third kappa shape index (κ3) is 11.1. The van der Waals surface area contributed by atoms with Crippen LogP contribution in [0.3, 0.4) is 0 Å². The Morgan fingerprint density at radius 3 is 1.71 bits per heavy atom. The number of hydrogen-bond donors (Lipinski definition) is 0. The summed E-state index contributed by atoms with van der Waals surface area (Å²) >= 11 is 0. The average molecular weight is 320 g/mol. The van der Waals surface area contributed by atoms with Crippen LogP contribution < -0.4 is 0 Å². The molecule has 21 heavy (non-hydrogen) atoms. The summed E-state index contributed by atoms with van der Waals surface area (Å²) in [5.41, 5.74) is 0. The van der Waals surface area contributed by atoms with E-state index in [1.54, 1.807) is 0 Å². The third-order valence-electron chi connectivity index (χ3n) is 4.14. The lowest BCUT2D eigenvalue weighted by molar-refractivity contribution is 0.205. The Kier molecular flexibility index (Phi) is 10.3. The smallest absolute Gasteiger partial charge is 0.248 e. The molecular weight excluding hydrogens is 288 g/mol. The van der Waals surface area contributed by atoms with Gasteiger partial charge in [-0.1, -0.05) is 64.7 Å². The minimum Gasteiger partial charge on any atom is -0.248 e. The molecular formula is C16H32O4S. The van der Waals surface area contributed by atoms with Crippen molar-refractivity contribution < 1.29 is 16.8 Å². The molecule has 1 atom stereocenters. The Balaban J connectivity index is 2.29. The van der Waals surface area contributed by atoms with Crippen LogP contribution >= 0.6 is 0 Å². The molecule has 1 aliphatic heterocycles. The summed E-state index contributed by atoms with van der Waals surface area (Å²) in [5, 5.41) is 0. The molecule has 4 nitrogen and oxygen atoms in total. The zero-order valence-electron chi connectivity index (χ0n) is 13.5. The van der Waals surface area contributed by atoms with Gasteiger partial charge < -0.3 is 0 Å². The molecule has 1 saturated heterocycles. The first-order valence-corrected chi connectivity index (χ1v) is 9.97. The third-order valence-corrected chi connectivity index (χ3v) is 5.05. The van der Waals surface area contributed by atoms with Gasteiger partial charge in [0.1, 0.15) is 0 Å². The minimum absolute atomic E-state index is 0.243. The first kappa shape index (κ1) is 18.9. The van der Waals surface area contributed by atoms with Crippen molar-refractivity contribution in [1.82, 2.24) is 0 Å². The van der Waals surface area contributed by atoms with Gasteiger partial charge in [0, 0.05) is 0 Å². The van der Waals surface area contributed by atoms with Gasteiger partial charge in [-0.2, -0.15) is 8.42 Å². The van der Waals surface area contributed by atoms with Crippen LogP contribution in [0.2, 0.25) is 0 Å². The van der Waals surface area contributed by atoms with Gasteiger partial charge in [-0.3, -0.25) is 0 Å². The SMILES string of the molecule is CC1CCCCCCCCCCCOS(=O)(=O)OCCC1. The predicted molar refractivity (Wildman–Crippen MR) is 85.4 cm³/mol. The maximum atomic E-state index is 11.5. The lowest BCUT2D eigenvalue weighted by atomic mass is 9.97. The Hall–Kier alpha value is -0.130. The first-order chi connectivity index (χ1) is 10.1. The van der Waals surface area contributed by atoms with Crippen molar-refractivity contribution in [3.8, 4) is 0 Å². The van der Waals surface area contributed by atoms with Gasteiger partial charge in [0.15, 0.2) is 0 Å². The highest BCUT2D eigenvalue weighted by atomic mass is 32.3. The number of rotatable bonds is 0. The Bertz CT molecular complexity index is 340. The van der Waals surface area contributed by atoms with Gasteiger partial charge in [-0.25, -0.2) is 8.37 Å². The molecule has 1 fully saturated rings. The van der Waals surface area contributed by atoms with E-state index in [-0.39, 0.29) is 13.2 Å². The van der Waals surface area contributed by atoms with Crippen molar-refractivity contribution in [3.63, 3.8) is 0 Å².